The highest BCUT2D eigenvalue weighted by atomic mass is 16.2. The predicted octanol–water partition coefficient (Wildman–Crippen LogP) is 3.60. The van der Waals surface area contributed by atoms with E-state index in [9.17, 15) is 4.79 Å². The third-order valence-corrected chi connectivity index (χ3v) is 5.01. The maximum absolute atomic E-state index is 12.3. The van der Waals surface area contributed by atoms with E-state index in [4.69, 9.17) is 0 Å². The minimum absolute atomic E-state index is 0.280. The Labute approximate surface area is 106 Å². The van der Waals surface area contributed by atoms with Gasteiger partial charge in [0.1, 0.15) is 0 Å². The topological polar surface area (TPSA) is 20.3 Å². The standard InChI is InChI=1S/C15H27NO/c1-4-5-6-7-8-14(17)16-10-9-12(2)15(16)11-13(15)3/h12-13H,4-11H2,1-3H3/t12-,13?,15?/m0/s1. The number of carbonyl (C=O) groups excluding carboxylic acids is 1. The fourth-order valence-electron chi connectivity index (χ4n) is 3.74. The Kier molecular flexibility index (Phi) is 3.79. The van der Waals surface area contributed by atoms with Crippen molar-refractivity contribution in [3.8, 4) is 0 Å². The summed E-state index contributed by atoms with van der Waals surface area (Å²) < 4.78 is 0. The third kappa shape index (κ3) is 2.23. The van der Waals surface area contributed by atoms with Crippen LogP contribution in [-0.4, -0.2) is 22.9 Å². The van der Waals surface area contributed by atoms with Crippen LogP contribution in [0, 0.1) is 11.8 Å². The molecule has 1 aliphatic carbocycles. The smallest absolute Gasteiger partial charge is 0.223 e. The van der Waals surface area contributed by atoms with Gasteiger partial charge >= 0.3 is 0 Å². The van der Waals surface area contributed by atoms with Crippen LogP contribution in [0.25, 0.3) is 0 Å². The van der Waals surface area contributed by atoms with Gasteiger partial charge in [-0.2, -0.15) is 0 Å². The Morgan fingerprint density at radius 3 is 2.53 bits per heavy atom. The maximum Gasteiger partial charge on any atom is 0.223 e. The van der Waals surface area contributed by atoms with Crippen LogP contribution in [0.5, 0.6) is 0 Å². The maximum atomic E-state index is 12.3. The lowest BCUT2D eigenvalue weighted by molar-refractivity contribution is -0.133. The van der Waals surface area contributed by atoms with Crippen LogP contribution in [0.1, 0.15) is 65.7 Å². The zero-order valence-electron chi connectivity index (χ0n) is 11.7. The van der Waals surface area contributed by atoms with E-state index in [1.807, 2.05) is 0 Å². The van der Waals surface area contributed by atoms with Crippen molar-refractivity contribution in [2.45, 2.75) is 71.3 Å². The van der Waals surface area contributed by atoms with E-state index in [-0.39, 0.29) is 5.54 Å². The van der Waals surface area contributed by atoms with E-state index >= 15 is 0 Å². The number of amides is 1. The van der Waals surface area contributed by atoms with Crippen molar-refractivity contribution in [3.05, 3.63) is 0 Å². The molecule has 0 aromatic rings. The molecule has 1 spiro atoms. The molecule has 2 nitrogen and oxygen atoms in total. The molecule has 2 rings (SSSR count). The van der Waals surface area contributed by atoms with Crippen molar-refractivity contribution in [2.24, 2.45) is 11.8 Å². The van der Waals surface area contributed by atoms with Gasteiger partial charge < -0.3 is 4.90 Å². The lowest BCUT2D eigenvalue weighted by atomic mass is 9.98. The average molecular weight is 237 g/mol. The molecule has 3 atom stereocenters. The second kappa shape index (κ2) is 4.99. The molecular formula is C15H27NO. The molecule has 0 radical (unpaired) electrons. The summed E-state index contributed by atoms with van der Waals surface area (Å²) in [5, 5.41) is 0. The second-order valence-electron chi connectivity index (χ2n) is 6.14. The number of hydrogen-bond donors (Lipinski definition) is 0. The largest absolute Gasteiger partial charge is 0.336 e. The molecule has 1 saturated heterocycles. The normalized spacial score (nSPS) is 35.6. The molecule has 1 heterocycles. The molecule has 1 amide bonds. The molecule has 17 heavy (non-hydrogen) atoms. The second-order valence-corrected chi connectivity index (χ2v) is 6.14. The Hall–Kier alpha value is -0.530. The van der Waals surface area contributed by atoms with Gasteiger partial charge in [-0.15, -0.1) is 0 Å². The molecular weight excluding hydrogens is 210 g/mol. The fraction of sp³-hybridized carbons (Fsp3) is 0.933. The Morgan fingerprint density at radius 1 is 1.24 bits per heavy atom. The van der Waals surface area contributed by atoms with Crippen molar-refractivity contribution in [3.63, 3.8) is 0 Å². The highest BCUT2D eigenvalue weighted by Crippen LogP contribution is 2.57. The predicted molar refractivity (Wildman–Crippen MR) is 70.8 cm³/mol. The van der Waals surface area contributed by atoms with E-state index in [2.05, 4.69) is 25.7 Å². The molecule has 1 saturated carbocycles. The molecule has 2 unspecified atom stereocenters. The summed E-state index contributed by atoms with van der Waals surface area (Å²) in [5.74, 6) is 1.88. The fourth-order valence-corrected chi connectivity index (χ4v) is 3.74. The zero-order valence-corrected chi connectivity index (χ0v) is 11.7. The van der Waals surface area contributed by atoms with Gasteiger partial charge in [0.25, 0.3) is 0 Å². The van der Waals surface area contributed by atoms with E-state index in [1.165, 1.54) is 32.1 Å². The van der Waals surface area contributed by atoms with Gasteiger partial charge in [-0.05, 0) is 31.1 Å². The first kappa shape index (κ1) is 12.9. The summed E-state index contributed by atoms with van der Waals surface area (Å²) in [6.45, 7) is 7.86. The van der Waals surface area contributed by atoms with Crippen LogP contribution in [-0.2, 0) is 4.79 Å². The molecule has 0 aromatic heterocycles. The third-order valence-electron chi connectivity index (χ3n) is 5.01. The minimum Gasteiger partial charge on any atom is -0.336 e. The van der Waals surface area contributed by atoms with Crippen LogP contribution in [0.2, 0.25) is 0 Å². The van der Waals surface area contributed by atoms with Gasteiger partial charge in [-0.25, -0.2) is 0 Å². The number of unbranched alkanes of at least 4 members (excludes halogenated alkanes) is 3. The molecule has 2 heteroatoms. The minimum atomic E-state index is 0.280. The monoisotopic (exact) mass is 237 g/mol. The van der Waals surface area contributed by atoms with Crippen LogP contribution in [0.4, 0.5) is 0 Å². The highest BCUT2D eigenvalue weighted by molar-refractivity contribution is 5.78. The quantitative estimate of drug-likeness (QED) is 0.669. The van der Waals surface area contributed by atoms with Crippen molar-refractivity contribution in [1.29, 1.82) is 0 Å². The SMILES string of the molecule is CCCCCCC(=O)N1CC[C@H](C)C12CC2C. The Bertz CT molecular complexity index is 289. The zero-order chi connectivity index (χ0) is 12.5. The molecule has 0 N–H and O–H groups in total. The van der Waals surface area contributed by atoms with E-state index in [0.29, 0.717) is 5.91 Å². The number of nitrogens with zero attached hydrogens (tertiary/aromatic N) is 1. The van der Waals surface area contributed by atoms with Crippen molar-refractivity contribution in [2.75, 3.05) is 6.54 Å². The summed E-state index contributed by atoms with van der Waals surface area (Å²) in [6.07, 6.45) is 8.05. The Balaban J connectivity index is 1.84. The summed E-state index contributed by atoms with van der Waals surface area (Å²) in [5.41, 5.74) is 0.280. The van der Waals surface area contributed by atoms with Gasteiger partial charge in [-0.3, -0.25) is 4.79 Å². The van der Waals surface area contributed by atoms with Crippen molar-refractivity contribution >= 4 is 5.91 Å². The van der Waals surface area contributed by atoms with Gasteiger partial charge in [0, 0.05) is 18.5 Å². The van der Waals surface area contributed by atoms with Crippen molar-refractivity contribution in [1.82, 2.24) is 4.90 Å². The molecule has 1 aliphatic heterocycles. The first-order valence-electron chi connectivity index (χ1n) is 7.43. The van der Waals surface area contributed by atoms with E-state index in [1.54, 1.807) is 0 Å². The van der Waals surface area contributed by atoms with Crippen molar-refractivity contribution < 1.29 is 4.79 Å². The lowest BCUT2D eigenvalue weighted by Crippen LogP contribution is -2.40. The van der Waals surface area contributed by atoms with Gasteiger partial charge in [-0.1, -0.05) is 40.0 Å². The Morgan fingerprint density at radius 2 is 1.94 bits per heavy atom. The van der Waals surface area contributed by atoms with Crippen LogP contribution < -0.4 is 0 Å². The average Bonchev–Trinajstić information content (AvgIpc) is 2.86. The summed E-state index contributed by atoms with van der Waals surface area (Å²) in [6, 6.07) is 0. The summed E-state index contributed by atoms with van der Waals surface area (Å²) in [7, 11) is 0. The van der Waals surface area contributed by atoms with Gasteiger partial charge in [0.15, 0.2) is 0 Å². The van der Waals surface area contributed by atoms with E-state index < -0.39 is 0 Å². The first-order valence-corrected chi connectivity index (χ1v) is 7.43. The molecule has 2 aliphatic rings. The first-order chi connectivity index (χ1) is 8.13. The van der Waals surface area contributed by atoms with Gasteiger partial charge in [0.05, 0.1) is 0 Å². The molecule has 98 valence electrons. The number of hydrogen-bond acceptors (Lipinski definition) is 1. The van der Waals surface area contributed by atoms with E-state index in [0.717, 1.165) is 31.2 Å². The number of carbonyl (C=O) groups is 1. The molecule has 2 fully saturated rings. The number of rotatable bonds is 5. The lowest BCUT2D eigenvalue weighted by Gasteiger charge is -2.28. The summed E-state index contributed by atoms with van der Waals surface area (Å²) in [4.78, 5) is 14.5. The van der Waals surface area contributed by atoms with Crippen LogP contribution in [0.15, 0.2) is 0 Å². The van der Waals surface area contributed by atoms with Crippen LogP contribution in [0.3, 0.4) is 0 Å². The van der Waals surface area contributed by atoms with Gasteiger partial charge in [0.2, 0.25) is 5.91 Å². The summed E-state index contributed by atoms with van der Waals surface area (Å²) >= 11 is 0. The molecule has 0 bridgehead atoms. The molecule has 0 aromatic carbocycles. The highest BCUT2D eigenvalue weighted by Gasteiger charge is 2.62. The number of likely N-dealkylation sites (tertiary alicyclic amines) is 1. The van der Waals surface area contributed by atoms with Crippen LogP contribution >= 0.6 is 0 Å².